The highest BCUT2D eigenvalue weighted by Gasteiger charge is 2.19. The molecule has 1 aromatic carbocycles. The van der Waals surface area contributed by atoms with Crippen molar-refractivity contribution in [3.05, 3.63) is 32.5 Å². The maximum Gasteiger partial charge on any atom is 0.315 e. The van der Waals surface area contributed by atoms with Gasteiger partial charge in [-0.15, -0.1) is 0 Å². The van der Waals surface area contributed by atoms with Crippen LogP contribution in [0.15, 0.2) is 16.6 Å². The highest BCUT2D eigenvalue weighted by Crippen LogP contribution is 2.35. The van der Waals surface area contributed by atoms with Crippen molar-refractivity contribution in [1.82, 2.24) is 0 Å². The topological polar surface area (TPSA) is 52.4 Å². The van der Waals surface area contributed by atoms with Crippen LogP contribution in [0.1, 0.15) is 4.11 Å². The van der Waals surface area contributed by atoms with Crippen molar-refractivity contribution in [1.29, 1.82) is 0 Å². The summed E-state index contributed by atoms with van der Waals surface area (Å²) in [6, 6.07) is 1.47. The van der Waals surface area contributed by atoms with Gasteiger partial charge in [0, 0.05) is 0 Å². The number of hydrogen-bond donors (Lipinski definition) is 0. The quantitative estimate of drug-likeness (QED) is 0.601. The maximum absolute atomic E-state index is 12.9. The first-order chi connectivity index (χ1) is 7.20. The van der Waals surface area contributed by atoms with E-state index in [9.17, 15) is 14.5 Å². The highest BCUT2D eigenvalue weighted by atomic mass is 79.9. The lowest BCUT2D eigenvalue weighted by Crippen LogP contribution is -1.95. The lowest BCUT2D eigenvalue weighted by Gasteiger charge is -2.03. The third-order valence-electron chi connectivity index (χ3n) is 1.29. The molecule has 0 unspecified atom stereocenters. The van der Waals surface area contributed by atoms with Gasteiger partial charge in [-0.25, -0.2) is 4.39 Å². The Hall–Kier alpha value is -1.17. The van der Waals surface area contributed by atoms with Crippen molar-refractivity contribution >= 4 is 21.6 Å². The fourth-order valence-corrected chi connectivity index (χ4v) is 1.29. The molecule has 0 aliphatic heterocycles. The fourth-order valence-electron chi connectivity index (χ4n) is 0.783. The average molecular weight is 253 g/mol. The average Bonchev–Trinajstić information content (AvgIpc) is 2.07. The van der Waals surface area contributed by atoms with E-state index in [1.54, 1.807) is 0 Å². The minimum absolute atomic E-state index is 0.129. The number of halogens is 2. The van der Waals surface area contributed by atoms with Gasteiger partial charge in [-0.05, 0) is 22.0 Å². The Balaban J connectivity index is 3.30. The van der Waals surface area contributed by atoms with Crippen LogP contribution in [0.3, 0.4) is 0 Å². The summed E-state index contributed by atoms with van der Waals surface area (Å²) in [5.74, 6) is -1.39. The summed E-state index contributed by atoms with van der Waals surface area (Å²) in [5, 5.41) is 10.6. The number of rotatable bonds is 2. The zero-order valence-corrected chi connectivity index (χ0v) is 7.67. The number of nitro groups is 1. The molecule has 70 valence electrons. The molecule has 0 aliphatic carbocycles. The lowest BCUT2D eigenvalue weighted by molar-refractivity contribution is -0.386. The van der Waals surface area contributed by atoms with Crippen LogP contribution in [0.4, 0.5) is 10.1 Å². The summed E-state index contributed by atoms with van der Waals surface area (Å²) in [5.41, 5.74) is -0.747. The van der Waals surface area contributed by atoms with E-state index in [1.807, 2.05) is 0 Å². The molecular formula is C7H5BrFNO3. The Labute approximate surface area is 85.8 Å². The van der Waals surface area contributed by atoms with Crippen molar-refractivity contribution < 1.29 is 18.2 Å². The first-order valence-electron chi connectivity index (χ1n) is 4.53. The molecule has 0 saturated heterocycles. The van der Waals surface area contributed by atoms with Crippen molar-refractivity contribution in [2.75, 3.05) is 7.04 Å². The van der Waals surface area contributed by atoms with Gasteiger partial charge in [0.25, 0.3) is 0 Å². The molecular weight excluding hydrogens is 245 g/mol. The maximum atomic E-state index is 12.9. The fraction of sp³-hybridized carbons (Fsp3) is 0.143. The Bertz CT molecular complexity index is 438. The van der Waals surface area contributed by atoms with Crippen LogP contribution >= 0.6 is 15.9 Å². The van der Waals surface area contributed by atoms with Gasteiger partial charge in [-0.2, -0.15) is 0 Å². The molecule has 1 rings (SSSR count). The zero-order valence-electron chi connectivity index (χ0n) is 9.08. The number of nitro benzene ring substituents is 1. The Morgan fingerprint density at radius 2 is 2.46 bits per heavy atom. The molecule has 0 atom stereocenters. The van der Waals surface area contributed by atoms with E-state index in [4.69, 9.17) is 4.11 Å². The zero-order chi connectivity index (χ0) is 12.5. The molecule has 13 heavy (non-hydrogen) atoms. The second-order valence-corrected chi connectivity index (χ2v) is 2.95. The molecule has 0 radical (unpaired) electrons. The Kier molecular flexibility index (Phi) is 1.79. The molecule has 0 aromatic heterocycles. The predicted octanol–water partition coefficient (Wildman–Crippen LogP) is 2.51. The van der Waals surface area contributed by atoms with Gasteiger partial charge in [0.05, 0.1) is 26.6 Å². The summed E-state index contributed by atoms with van der Waals surface area (Å²) >= 11 is 2.80. The summed E-state index contributed by atoms with van der Waals surface area (Å²) in [6.07, 6.45) is 0. The van der Waals surface area contributed by atoms with Gasteiger partial charge in [0.15, 0.2) is 0 Å². The number of nitrogens with zero attached hydrogens (tertiary/aromatic N) is 1. The van der Waals surface area contributed by atoms with Crippen LogP contribution in [0.2, 0.25) is 0 Å². The highest BCUT2D eigenvalue weighted by molar-refractivity contribution is 9.10. The summed E-state index contributed by atoms with van der Waals surface area (Å²) < 4.78 is 37.7. The SMILES string of the molecule is [2H]C([2H])([2H])Oc1c(Br)cc(F)cc1[N+](=O)[O-]. The second kappa shape index (κ2) is 3.69. The van der Waals surface area contributed by atoms with Gasteiger partial charge >= 0.3 is 5.69 Å². The summed E-state index contributed by atoms with van der Waals surface area (Å²) in [4.78, 5) is 9.64. The first-order valence-corrected chi connectivity index (χ1v) is 3.82. The number of hydrogen-bond acceptors (Lipinski definition) is 3. The lowest BCUT2D eigenvalue weighted by atomic mass is 10.3. The van der Waals surface area contributed by atoms with Gasteiger partial charge in [-0.1, -0.05) is 0 Å². The third kappa shape index (κ3) is 1.95. The molecule has 0 heterocycles. The number of methoxy groups -OCH3 is 1. The molecule has 0 fully saturated rings. The molecule has 1 aromatic rings. The van der Waals surface area contributed by atoms with Crippen LogP contribution in [-0.4, -0.2) is 12.0 Å². The van der Waals surface area contributed by atoms with E-state index < -0.39 is 29.2 Å². The largest absolute Gasteiger partial charge is 0.489 e. The van der Waals surface area contributed by atoms with Crippen LogP contribution < -0.4 is 4.74 Å². The Morgan fingerprint density at radius 1 is 1.77 bits per heavy atom. The third-order valence-corrected chi connectivity index (χ3v) is 1.88. The molecule has 0 amide bonds. The van der Waals surface area contributed by atoms with Gasteiger partial charge in [0.2, 0.25) is 5.75 Å². The normalized spacial score (nSPS) is 14.2. The molecule has 0 spiro atoms. The minimum Gasteiger partial charge on any atom is -0.489 e. The number of benzene rings is 1. The van der Waals surface area contributed by atoms with Gasteiger partial charge in [-0.3, -0.25) is 10.1 Å². The molecule has 4 nitrogen and oxygen atoms in total. The first kappa shape index (κ1) is 6.31. The Morgan fingerprint density at radius 3 is 3.00 bits per heavy atom. The van der Waals surface area contributed by atoms with Crippen LogP contribution in [0.25, 0.3) is 0 Å². The molecule has 0 saturated carbocycles. The van der Waals surface area contributed by atoms with Crippen LogP contribution in [0, 0.1) is 15.9 Å². The summed E-state index contributed by atoms with van der Waals surface area (Å²) in [6.45, 7) is 0. The van der Waals surface area contributed by atoms with Crippen molar-refractivity contribution in [3.8, 4) is 5.75 Å². The van der Waals surface area contributed by atoms with E-state index in [-0.39, 0.29) is 4.47 Å². The summed E-state index contributed by atoms with van der Waals surface area (Å²) in [7, 11) is -2.84. The van der Waals surface area contributed by atoms with E-state index in [0.717, 1.165) is 6.07 Å². The van der Waals surface area contributed by atoms with E-state index >= 15 is 0 Å². The standard InChI is InChI=1S/C7H5BrFNO3/c1-13-7-5(8)2-4(9)3-6(7)10(11)12/h2-3H,1H3/i1D3. The predicted molar refractivity (Wildman–Crippen MR) is 47.3 cm³/mol. The van der Waals surface area contributed by atoms with Gasteiger partial charge in [0.1, 0.15) is 5.82 Å². The minimum atomic E-state index is -2.84. The molecule has 6 heteroatoms. The number of ether oxygens (including phenoxy) is 1. The van der Waals surface area contributed by atoms with E-state index in [0.29, 0.717) is 6.07 Å². The van der Waals surface area contributed by atoms with Crippen molar-refractivity contribution in [3.63, 3.8) is 0 Å². The van der Waals surface area contributed by atoms with Crippen LogP contribution in [-0.2, 0) is 0 Å². The second-order valence-electron chi connectivity index (χ2n) is 2.10. The van der Waals surface area contributed by atoms with Crippen molar-refractivity contribution in [2.24, 2.45) is 0 Å². The van der Waals surface area contributed by atoms with E-state index in [1.165, 1.54) is 0 Å². The van der Waals surface area contributed by atoms with E-state index in [2.05, 4.69) is 20.7 Å². The molecule has 0 N–H and O–H groups in total. The van der Waals surface area contributed by atoms with Crippen LogP contribution in [0.5, 0.6) is 5.75 Å². The monoisotopic (exact) mass is 252 g/mol. The smallest absolute Gasteiger partial charge is 0.315 e. The van der Waals surface area contributed by atoms with Crippen molar-refractivity contribution in [2.45, 2.75) is 0 Å². The van der Waals surface area contributed by atoms with Gasteiger partial charge < -0.3 is 4.74 Å². The molecule has 0 bridgehead atoms. The molecule has 0 aliphatic rings.